The second-order valence-corrected chi connectivity index (χ2v) is 8.13. The molecule has 1 fully saturated rings. The molecule has 1 amide bonds. The van der Waals surface area contributed by atoms with Crippen molar-refractivity contribution >= 4 is 29.0 Å². The van der Waals surface area contributed by atoms with Crippen LogP contribution in [0.5, 0.6) is 0 Å². The minimum Gasteiger partial charge on any atom is -0.456 e. The zero-order valence-electron chi connectivity index (χ0n) is 15.1. The van der Waals surface area contributed by atoms with Gasteiger partial charge >= 0.3 is 5.97 Å². The number of nitrogens with one attached hydrogen (secondary N) is 1. The molecule has 6 heteroatoms. The number of carbonyl (C=O) groups is 3. The van der Waals surface area contributed by atoms with Gasteiger partial charge in [0.15, 0.2) is 12.4 Å². The van der Waals surface area contributed by atoms with Gasteiger partial charge in [0.05, 0.1) is 6.42 Å². The fraction of sp³-hybridized carbons (Fsp3) is 0.632. The number of thiophene rings is 1. The first-order valence-corrected chi connectivity index (χ1v) is 9.82. The number of amides is 1. The van der Waals surface area contributed by atoms with Crippen LogP contribution in [-0.2, 0) is 14.3 Å². The maximum atomic E-state index is 12.1. The van der Waals surface area contributed by atoms with Crippen molar-refractivity contribution in [2.24, 2.45) is 0 Å². The topological polar surface area (TPSA) is 72.5 Å². The van der Waals surface area contributed by atoms with Gasteiger partial charge in [0.2, 0.25) is 0 Å². The van der Waals surface area contributed by atoms with Crippen molar-refractivity contribution in [1.29, 1.82) is 0 Å². The Morgan fingerprint density at radius 3 is 2.40 bits per heavy atom. The van der Waals surface area contributed by atoms with Crippen LogP contribution in [0.3, 0.4) is 0 Å². The Morgan fingerprint density at radius 1 is 1.12 bits per heavy atom. The molecule has 25 heavy (non-hydrogen) atoms. The Kier molecular flexibility index (Phi) is 7.62. The third-order valence-corrected chi connectivity index (χ3v) is 5.45. The summed E-state index contributed by atoms with van der Waals surface area (Å²) in [5.74, 6) is -0.813. The van der Waals surface area contributed by atoms with Crippen molar-refractivity contribution in [3.63, 3.8) is 0 Å². The number of esters is 1. The van der Waals surface area contributed by atoms with E-state index >= 15 is 0 Å². The number of hydrogen-bond acceptors (Lipinski definition) is 5. The predicted molar refractivity (Wildman–Crippen MR) is 97.9 cm³/mol. The highest BCUT2D eigenvalue weighted by atomic mass is 32.1. The first-order valence-electron chi connectivity index (χ1n) is 9.01. The van der Waals surface area contributed by atoms with E-state index in [9.17, 15) is 14.4 Å². The molecule has 1 aromatic heterocycles. The molecule has 0 aromatic carbocycles. The van der Waals surface area contributed by atoms with E-state index in [0.717, 1.165) is 35.4 Å². The molecule has 0 spiro atoms. The van der Waals surface area contributed by atoms with Crippen LogP contribution in [-0.4, -0.2) is 30.3 Å². The third-order valence-electron chi connectivity index (χ3n) is 4.48. The van der Waals surface area contributed by atoms with Crippen LogP contribution in [0, 0.1) is 13.8 Å². The van der Waals surface area contributed by atoms with E-state index in [1.807, 2.05) is 19.9 Å². The lowest BCUT2D eigenvalue weighted by atomic mass is 10.1. The summed E-state index contributed by atoms with van der Waals surface area (Å²) in [6, 6.07) is 2.05. The Morgan fingerprint density at radius 2 is 1.80 bits per heavy atom. The molecule has 1 N–H and O–H groups in total. The molecular weight excluding hydrogens is 338 g/mol. The third kappa shape index (κ3) is 6.61. The van der Waals surface area contributed by atoms with Gasteiger partial charge in [0, 0.05) is 27.8 Å². The molecule has 5 nitrogen and oxygen atoms in total. The van der Waals surface area contributed by atoms with Crippen LogP contribution in [0.1, 0.15) is 71.5 Å². The largest absolute Gasteiger partial charge is 0.456 e. The molecule has 1 heterocycles. The molecule has 0 unspecified atom stereocenters. The van der Waals surface area contributed by atoms with E-state index < -0.39 is 5.97 Å². The molecule has 0 atom stereocenters. The predicted octanol–water partition coefficient (Wildman–Crippen LogP) is 3.71. The summed E-state index contributed by atoms with van der Waals surface area (Å²) in [7, 11) is 0. The lowest BCUT2D eigenvalue weighted by Crippen LogP contribution is -2.37. The van der Waals surface area contributed by atoms with E-state index in [4.69, 9.17) is 4.74 Å². The summed E-state index contributed by atoms with van der Waals surface area (Å²) in [5.41, 5.74) is 0.682. The summed E-state index contributed by atoms with van der Waals surface area (Å²) >= 11 is 1.57. The van der Waals surface area contributed by atoms with Crippen molar-refractivity contribution < 1.29 is 19.1 Å². The summed E-state index contributed by atoms with van der Waals surface area (Å²) in [6.45, 7) is 3.59. The number of rotatable bonds is 7. The normalized spacial score (nSPS) is 15.4. The average molecular weight is 365 g/mol. The van der Waals surface area contributed by atoms with E-state index in [1.165, 1.54) is 12.8 Å². The number of aryl methyl sites for hydroxylation is 2. The van der Waals surface area contributed by atoms with Crippen LogP contribution in [0.2, 0.25) is 0 Å². The van der Waals surface area contributed by atoms with Gasteiger partial charge in [0.25, 0.3) is 5.91 Å². The van der Waals surface area contributed by atoms with Gasteiger partial charge in [0.1, 0.15) is 0 Å². The Balaban J connectivity index is 1.67. The summed E-state index contributed by atoms with van der Waals surface area (Å²) in [5, 5.41) is 2.93. The van der Waals surface area contributed by atoms with Gasteiger partial charge in [-0.05, 0) is 32.8 Å². The number of carbonyl (C=O) groups excluding carboxylic acids is 3. The summed E-state index contributed by atoms with van der Waals surface area (Å²) in [6.07, 6.45) is 6.81. The Bertz CT molecular complexity index is 615. The van der Waals surface area contributed by atoms with Gasteiger partial charge in [-0.3, -0.25) is 14.4 Å². The molecule has 0 saturated heterocycles. The number of ketones is 1. The first kappa shape index (κ1) is 19.6. The number of ether oxygens (including phenoxy) is 1. The smallest absolute Gasteiger partial charge is 0.306 e. The standard InChI is InChI=1S/C19H27NO4S/c1-13-11-16(14(2)25-13)17(21)9-10-19(23)24-12-18(22)20-15-7-5-3-4-6-8-15/h11,15H,3-10,12H2,1-2H3,(H,20,22). The van der Waals surface area contributed by atoms with Gasteiger partial charge in [-0.1, -0.05) is 25.7 Å². The van der Waals surface area contributed by atoms with Gasteiger partial charge in [-0.25, -0.2) is 0 Å². The average Bonchev–Trinajstić information content (AvgIpc) is 2.76. The molecule has 1 aliphatic carbocycles. The van der Waals surface area contributed by atoms with Crippen molar-refractivity contribution in [1.82, 2.24) is 5.32 Å². The van der Waals surface area contributed by atoms with Crippen LogP contribution in [0.25, 0.3) is 0 Å². The molecule has 0 bridgehead atoms. The number of Topliss-reactive ketones (excluding diaryl/α,β-unsaturated/α-hetero) is 1. The number of hydrogen-bond donors (Lipinski definition) is 1. The molecule has 2 rings (SSSR count). The lowest BCUT2D eigenvalue weighted by molar-refractivity contribution is -0.148. The zero-order valence-corrected chi connectivity index (χ0v) is 15.9. The Labute approximate surface area is 153 Å². The summed E-state index contributed by atoms with van der Waals surface area (Å²) < 4.78 is 5.00. The monoisotopic (exact) mass is 365 g/mol. The van der Waals surface area contributed by atoms with E-state index in [1.54, 1.807) is 11.3 Å². The quantitative estimate of drug-likeness (QED) is 0.454. The first-order chi connectivity index (χ1) is 12.0. The van der Waals surface area contributed by atoms with Crippen molar-refractivity contribution in [2.75, 3.05) is 6.61 Å². The maximum Gasteiger partial charge on any atom is 0.306 e. The molecule has 138 valence electrons. The molecule has 0 aliphatic heterocycles. The van der Waals surface area contributed by atoms with E-state index in [2.05, 4.69) is 5.32 Å². The molecular formula is C19H27NO4S. The van der Waals surface area contributed by atoms with Gasteiger partial charge < -0.3 is 10.1 Å². The van der Waals surface area contributed by atoms with Crippen LogP contribution < -0.4 is 5.32 Å². The van der Waals surface area contributed by atoms with E-state index in [-0.39, 0.29) is 37.2 Å². The van der Waals surface area contributed by atoms with Crippen LogP contribution >= 0.6 is 11.3 Å². The van der Waals surface area contributed by atoms with E-state index in [0.29, 0.717) is 5.56 Å². The SMILES string of the molecule is Cc1cc(C(=O)CCC(=O)OCC(=O)NC2CCCCCC2)c(C)s1. The molecule has 1 aromatic rings. The zero-order chi connectivity index (χ0) is 18.2. The summed E-state index contributed by atoms with van der Waals surface area (Å²) in [4.78, 5) is 37.8. The molecule has 1 saturated carbocycles. The highest BCUT2D eigenvalue weighted by Crippen LogP contribution is 2.22. The second kappa shape index (κ2) is 9.70. The van der Waals surface area contributed by atoms with Gasteiger partial charge in [-0.15, -0.1) is 11.3 Å². The molecule has 1 aliphatic rings. The Hall–Kier alpha value is -1.69. The highest BCUT2D eigenvalue weighted by Gasteiger charge is 2.17. The van der Waals surface area contributed by atoms with Crippen LogP contribution in [0.4, 0.5) is 0 Å². The highest BCUT2D eigenvalue weighted by molar-refractivity contribution is 7.12. The second-order valence-electron chi connectivity index (χ2n) is 6.67. The van der Waals surface area contributed by atoms with Crippen molar-refractivity contribution in [3.05, 3.63) is 21.4 Å². The minimum absolute atomic E-state index is 0.00385. The minimum atomic E-state index is -0.506. The fourth-order valence-corrected chi connectivity index (χ4v) is 4.11. The van der Waals surface area contributed by atoms with Crippen LogP contribution in [0.15, 0.2) is 6.07 Å². The maximum absolute atomic E-state index is 12.1. The van der Waals surface area contributed by atoms with Crippen molar-refractivity contribution in [2.45, 2.75) is 71.3 Å². The molecule has 0 radical (unpaired) electrons. The fourth-order valence-electron chi connectivity index (χ4n) is 3.17. The lowest BCUT2D eigenvalue weighted by Gasteiger charge is -2.16. The van der Waals surface area contributed by atoms with Gasteiger partial charge in [-0.2, -0.15) is 0 Å². The van der Waals surface area contributed by atoms with Crippen molar-refractivity contribution in [3.8, 4) is 0 Å².